The molecular formula is C12H17N3O5. The van der Waals surface area contributed by atoms with Gasteiger partial charge < -0.3 is 20.8 Å². The van der Waals surface area contributed by atoms with E-state index in [1.54, 1.807) is 6.07 Å². The lowest BCUT2D eigenvalue weighted by Crippen LogP contribution is -2.27. The number of carboxylic acids is 2. The summed E-state index contributed by atoms with van der Waals surface area (Å²) >= 11 is 0. The van der Waals surface area contributed by atoms with Crippen molar-refractivity contribution in [2.24, 2.45) is 0 Å². The van der Waals surface area contributed by atoms with E-state index in [4.69, 9.17) is 15.5 Å². The number of carbonyl (C=O) groups excluding carboxylic acids is 1. The number of amides is 1. The fourth-order valence-corrected chi connectivity index (χ4v) is 1.26. The van der Waals surface area contributed by atoms with Crippen LogP contribution in [0.5, 0.6) is 0 Å². The number of hydrogen-bond donors (Lipinski definition) is 4. The van der Waals surface area contributed by atoms with Crippen LogP contribution in [0.1, 0.15) is 25.7 Å². The molecule has 0 aliphatic rings. The van der Waals surface area contributed by atoms with Crippen LogP contribution in [0.25, 0.3) is 0 Å². The summed E-state index contributed by atoms with van der Waals surface area (Å²) in [6, 6.07) is 1.66. The summed E-state index contributed by atoms with van der Waals surface area (Å²) in [6.07, 6.45) is 2.95. The van der Waals surface area contributed by atoms with Gasteiger partial charge in [0.15, 0.2) is 0 Å². The van der Waals surface area contributed by atoms with Crippen LogP contribution < -0.4 is 10.6 Å². The van der Waals surface area contributed by atoms with Gasteiger partial charge in [-0.1, -0.05) is 6.42 Å². The van der Waals surface area contributed by atoms with Crippen molar-refractivity contribution in [2.75, 3.05) is 13.1 Å². The van der Waals surface area contributed by atoms with Crippen LogP contribution in [-0.4, -0.2) is 41.1 Å². The monoisotopic (exact) mass is 283 g/mol. The largest absolute Gasteiger partial charge is 0.481 e. The summed E-state index contributed by atoms with van der Waals surface area (Å²) in [5.74, 6) is -2.55. The summed E-state index contributed by atoms with van der Waals surface area (Å²) in [4.78, 5) is 32.0. The minimum absolute atomic E-state index is 0.0937. The van der Waals surface area contributed by atoms with Gasteiger partial charge in [-0.3, -0.25) is 14.4 Å². The van der Waals surface area contributed by atoms with E-state index in [1.807, 2.05) is 0 Å². The van der Waals surface area contributed by atoms with Crippen molar-refractivity contribution in [1.29, 1.82) is 5.26 Å². The Morgan fingerprint density at radius 1 is 1.10 bits per heavy atom. The highest BCUT2D eigenvalue weighted by molar-refractivity contribution is 5.97. The van der Waals surface area contributed by atoms with E-state index in [2.05, 4.69) is 10.6 Å². The molecule has 0 saturated carbocycles. The lowest BCUT2D eigenvalue weighted by Gasteiger charge is -2.04. The molecule has 0 spiro atoms. The van der Waals surface area contributed by atoms with Crippen molar-refractivity contribution in [3.8, 4) is 6.07 Å². The maximum Gasteiger partial charge on any atom is 0.322 e. The first-order valence-electron chi connectivity index (χ1n) is 6.02. The number of unbranched alkanes of at least 4 members (excludes halogenated alkanes) is 2. The Hall–Kier alpha value is -2.56. The quantitative estimate of drug-likeness (QED) is 0.248. The first-order valence-corrected chi connectivity index (χ1v) is 6.02. The van der Waals surface area contributed by atoms with E-state index in [-0.39, 0.29) is 18.5 Å². The van der Waals surface area contributed by atoms with Gasteiger partial charge in [0, 0.05) is 19.2 Å². The van der Waals surface area contributed by atoms with Gasteiger partial charge in [-0.25, -0.2) is 0 Å². The van der Waals surface area contributed by atoms with Crippen LogP contribution in [-0.2, 0) is 14.4 Å². The van der Waals surface area contributed by atoms with E-state index < -0.39 is 17.8 Å². The zero-order chi connectivity index (χ0) is 15.4. The number of nitrogens with zero attached hydrogens (tertiary/aromatic N) is 1. The van der Waals surface area contributed by atoms with Gasteiger partial charge in [0.2, 0.25) is 0 Å². The molecule has 0 aliphatic heterocycles. The highest BCUT2D eigenvalue weighted by Crippen LogP contribution is 1.99. The Morgan fingerprint density at radius 3 is 2.35 bits per heavy atom. The Bertz CT molecular complexity index is 425. The second kappa shape index (κ2) is 10.4. The molecule has 0 fully saturated rings. The smallest absolute Gasteiger partial charge is 0.322 e. The van der Waals surface area contributed by atoms with Gasteiger partial charge in [-0.05, 0) is 12.8 Å². The molecule has 0 aromatic rings. The molecule has 0 heterocycles. The van der Waals surface area contributed by atoms with Crippen LogP contribution in [0, 0.1) is 11.3 Å². The summed E-state index contributed by atoms with van der Waals surface area (Å²) in [5.41, 5.74) is -0.211. The van der Waals surface area contributed by atoms with Crippen molar-refractivity contribution >= 4 is 17.8 Å². The number of hydrogen-bond acceptors (Lipinski definition) is 5. The minimum atomic E-state index is -1.10. The fourth-order valence-electron chi connectivity index (χ4n) is 1.26. The van der Waals surface area contributed by atoms with Gasteiger partial charge in [-0.2, -0.15) is 5.26 Å². The maximum atomic E-state index is 11.5. The van der Waals surface area contributed by atoms with Gasteiger partial charge in [0.1, 0.15) is 18.2 Å². The fraction of sp³-hybridized carbons (Fsp3) is 0.500. The van der Waals surface area contributed by atoms with Gasteiger partial charge in [-0.15, -0.1) is 0 Å². The molecule has 8 heteroatoms. The van der Waals surface area contributed by atoms with Gasteiger partial charge >= 0.3 is 11.9 Å². The van der Waals surface area contributed by atoms with E-state index >= 15 is 0 Å². The number of carbonyl (C=O) groups is 3. The number of nitrogens with one attached hydrogen (secondary N) is 2. The minimum Gasteiger partial charge on any atom is -0.481 e. The molecule has 0 aliphatic carbocycles. The van der Waals surface area contributed by atoms with Crippen LogP contribution in [0.15, 0.2) is 11.8 Å². The van der Waals surface area contributed by atoms with E-state index in [1.165, 1.54) is 0 Å². The molecule has 0 aromatic heterocycles. The zero-order valence-corrected chi connectivity index (χ0v) is 10.9. The molecular weight excluding hydrogens is 266 g/mol. The Morgan fingerprint density at radius 2 is 1.80 bits per heavy atom. The normalized spacial score (nSPS) is 10.4. The van der Waals surface area contributed by atoms with E-state index in [0.717, 1.165) is 6.20 Å². The SMILES string of the molecule is N#C/C(=C/NCC(=O)O)C(=O)NCCCCCC(=O)O. The highest BCUT2D eigenvalue weighted by atomic mass is 16.4. The highest BCUT2D eigenvalue weighted by Gasteiger charge is 2.08. The summed E-state index contributed by atoms with van der Waals surface area (Å²) in [5, 5.41) is 30.4. The molecule has 0 saturated heterocycles. The summed E-state index contributed by atoms with van der Waals surface area (Å²) in [6.45, 7) is -0.0515. The van der Waals surface area contributed by atoms with Crippen molar-refractivity contribution in [2.45, 2.75) is 25.7 Å². The Kier molecular flexibility index (Phi) is 9.04. The number of rotatable bonds is 10. The lowest BCUT2D eigenvalue weighted by atomic mass is 10.2. The third-order valence-corrected chi connectivity index (χ3v) is 2.22. The molecule has 0 rings (SSSR count). The zero-order valence-electron chi connectivity index (χ0n) is 10.9. The average Bonchev–Trinajstić information content (AvgIpc) is 2.37. The molecule has 110 valence electrons. The molecule has 0 atom stereocenters. The third kappa shape index (κ3) is 9.47. The van der Waals surface area contributed by atoms with Crippen molar-refractivity contribution in [3.63, 3.8) is 0 Å². The van der Waals surface area contributed by atoms with Crippen molar-refractivity contribution < 1.29 is 24.6 Å². The second-order valence-corrected chi connectivity index (χ2v) is 3.90. The van der Waals surface area contributed by atoms with Crippen LogP contribution in [0.4, 0.5) is 0 Å². The first kappa shape index (κ1) is 17.4. The topological polar surface area (TPSA) is 140 Å². The Balaban J connectivity index is 3.90. The summed E-state index contributed by atoms with van der Waals surface area (Å²) in [7, 11) is 0. The predicted molar refractivity (Wildman–Crippen MR) is 68.4 cm³/mol. The van der Waals surface area contributed by atoms with Crippen LogP contribution in [0.2, 0.25) is 0 Å². The molecule has 4 N–H and O–H groups in total. The van der Waals surface area contributed by atoms with E-state index in [0.29, 0.717) is 25.8 Å². The molecule has 0 aromatic carbocycles. The summed E-state index contributed by atoms with van der Waals surface area (Å²) < 4.78 is 0. The van der Waals surface area contributed by atoms with Gasteiger partial charge in [0.25, 0.3) is 5.91 Å². The Labute approximate surface area is 116 Å². The third-order valence-electron chi connectivity index (χ3n) is 2.22. The predicted octanol–water partition coefficient (Wildman–Crippen LogP) is -0.171. The molecule has 0 radical (unpaired) electrons. The van der Waals surface area contributed by atoms with Gasteiger partial charge in [0.05, 0.1) is 0 Å². The molecule has 0 unspecified atom stereocenters. The lowest BCUT2D eigenvalue weighted by molar-refractivity contribution is -0.137. The maximum absolute atomic E-state index is 11.5. The van der Waals surface area contributed by atoms with Crippen LogP contribution >= 0.6 is 0 Å². The molecule has 20 heavy (non-hydrogen) atoms. The van der Waals surface area contributed by atoms with Crippen molar-refractivity contribution in [3.05, 3.63) is 11.8 Å². The molecule has 1 amide bonds. The number of nitriles is 1. The second-order valence-electron chi connectivity index (χ2n) is 3.90. The molecule has 8 nitrogen and oxygen atoms in total. The number of carboxylic acid groups (broad SMARTS) is 2. The van der Waals surface area contributed by atoms with Crippen LogP contribution in [0.3, 0.4) is 0 Å². The molecule has 0 bridgehead atoms. The first-order chi connectivity index (χ1) is 9.47. The van der Waals surface area contributed by atoms with Crippen molar-refractivity contribution in [1.82, 2.24) is 10.6 Å². The average molecular weight is 283 g/mol. The number of aliphatic carboxylic acids is 2. The standard InChI is InChI=1S/C12H17N3O5/c13-6-9(7-14-8-11(18)19)12(20)15-5-3-1-2-4-10(16)17/h7,14H,1-5,8H2,(H,15,20)(H,16,17)(H,18,19)/b9-7-. The van der Waals surface area contributed by atoms with E-state index in [9.17, 15) is 14.4 Å².